The fourth-order valence-electron chi connectivity index (χ4n) is 4.28. The van der Waals surface area contributed by atoms with Gasteiger partial charge in [-0.3, -0.25) is 24.6 Å². The molecule has 1 saturated carbocycles. The van der Waals surface area contributed by atoms with Crippen molar-refractivity contribution in [3.05, 3.63) is 18.6 Å². The highest BCUT2D eigenvalue weighted by Gasteiger charge is 2.38. The fraction of sp³-hybridized carbons (Fsp3) is 0.632. The van der Waals surface area contributed by atoms with Crippen molar-refractivity contribution < 1.29 is 19.6 Å². The monoisotopic (exact) mass is 389 g/mol. The van der Waals surface area contributed by atoms with Gasteiger partial charge in [-0.1, -0.05) is 25.7 Å². The molecule has 2 N–H and O–H groups in total. The second-order valence-electron chi connectivity index (χ2n) is 7.58. The number of hydrogen-bond donors (Lipinski definition) is 2. The van der Waals surface area contributed by atoms with E-state index in [-0.39, 0.29) is 18.4 Å². The average molecular weight is 389 g/mol. The van der Waals surface area contributed by atoms with E-state index in [4.69, 9.17) is 0 Å². The molecule has 28 heavy (non-hydrogen) atoms. The first-order valence-electron chi connectivity index (χ1n) is 9.86. The maximum Gasteiger partial charge on any atom is 0.248 e. The van der Waals surface area contributed by atoms with E-state index in [0.717, 1.165) is 32.1 Å². The van der Waals surface area contributed by atoms with Gasteiger partial charge < -0.3 is 10.2 Å². The maximum absolute atomic E-state index is 13.2. The number of rotatable bonds is 8. The molecule has 2 heterocycles. The lowest BCUT2D eigenvalue weighted by Gasteiger charge is -2.30. The van der Waals surface area contributed by atoms with Gasteiger partial charge in [-0.25, -0.2) is 10.0 Å². The van der Waals surface area contributed by atoms with Gasteiger partial charge in [-0.15, -0.1) is 0 Å². The van der Waals surface area contributed by atoms with Crippen LogP contribution in [0.3, 0.4) is 0 Å². The Kier molecular flexibility index (Phi) is 6.91. The van der Waals surface area contributed by atoms with E-state index in [9.17, 15) is 19.6 Å². The number of amides is 3. The molecule has 9 heteroatoms. The Bertz CT molecular complexity index is 680. The summed E-state index contributed by atoms with van der Waals surface area (Å²) >= 11 is 0. The minimum Gasteiger partial charge on any atom is -0.330 e. The first-order valence-corrected chi connectivity index (χ1v) is 9.86. The molecule has 1 aliphatic heterocycles. The van der Waals surface area contributed by atoms with Crippen LogP contribution in [0.2, 0.25) is 0 Å². The molecule has 3 amide bonds. The van der Waals surface area contributed by atoms with Crippen LogP contribution in [0, 0.1) is 11.8 Å². The van der Waals surface area contributed by atoms with Crippen LogP contribution in [0.25, 0.3) is 0 Å². The first kappa shape index (κ1) is 20.2. The molecule has 0 aromatic carbocycles. The summed E-state index contributed by atoms with van der Waals surface area (Å²) in [5, 5.41) is 12.9. The molecule has 1 aromatic rings. The second-order valence-corrected chi connectivity index (χ2v) is 7.58. The topological polar surface area (TPSA) is 116 Å². The minimum atomic E-state index is -0.580. The van der Waals surface area contributed by atoms with Crippen molar-refractivity contribution in [2.45, 2.75) is 51.0 Å². The third-order valence-electron chi connectivity index (χ3n) is 5.62. The van der Waals surface area contributed by atoms with Crippen molar-refractivity contribution in [3.63, 3.8) is 0 Å². The van der Waals surface area contributed by atoms with Crippen LogP contribution in [-0.2, 0) is 14.4 Å². The fourth-order valence-corrected chi connectivity index (χ4v) is 4.28. The van der Waals surface area contributed by atoms with Crippen molar-refractivity contribution in [3.8, 4) is 0 Å². The van der Waals surface area contributed by atoms with E-state index in [2.05, 4.69) is 15.3 Å². The number of aromatic nitrogens is 2. The van der Waals surface area contributed by atoms with Crippen molar-refractivity contribution in [2.75, 3.05) is 18.4 Å². The molecule has 2 atom stereocenters. The highest BCUT2D eigenvalue weighted by molar-refractivity contribution is 5.97. The SMILES string of the molecule is O=CN(O)CC(CC1CCCC1)C(=O)N1CCCC1C(=O)Nc1cnccn1. The maximum atomic E-state index is 13.2. The van der Waals surface area contributed by atoms with Crippen LogP contribution in [0.4, 0.5) is 5.82 Å². The van der Waals surface area contributed by atoms with Crippen LogP contribution >= 0.6 is 0 Å². The van der Waals surface area contributed by atoms with E-state index >= 15 is 0 Å². The molecule has 0 bridgehead atoms. The quantitative estimate of drug-likeness (QED) is 0.395. The number of carbonyl (C=O) groups is 3. The molecular weight excluding hydrogens is 362 g/mol. The minimum absolute atomic E-state index is 0.0478. The number of nitrogens with zero attached hydrogens (tertiary/aromatic N) is 4. The van der Waals surface area contributed by atoms with E-state index in [1.807, 2.05) is 0 Å². The first-order chi connectivity index (χ1) is 13.6. The van der Waals surface area contributed by atoms with Crippen LogP contribution in [-0.4, -0.2) is 62.5 Å². The number of nitrogens with one attached hydrogen (secondary N) is 1. The van der Waals surface area contributed by atoms with Crippen LogP contribution in [0.15, 0.2) is 18.6 Å². The van der Waals surface area contributed by atoms with Gasteiger partial charge in [-0.2, -0.15) is 0 Å². The molecule has 152 valence electrons. The van der Waals surface area contributed by atoms with Gasteiger partial charge in [0, 0.05) is 18.9 Å². The van der Waals surface area contributed by atoms with E-state index in [0.29, 0.717) is 42.6 Å². The summed E-state index contributed by atoms with van der Waals surface area (Å²) in [4.78, 5) is 46.3. The third kappa shape index (κ3) is 5.03. The van der Waals surface area contributed by atoms with E-state index in [1.165, 1.54) is 18.6 Å². The Hall–Kier alpha value is -2.55. The van der Waals surface area contributed by atoms with E-state index in [1.54, 1.807) is 4.90 Å². The third-order valence-corrected chi connectivity index (χ3v) is 5.62. The number of carbonyl (C=O) groups excluding carboxylic acids is 3. The summed E-state index contributed by atoms with van der Waals surface area (Å²) in [6, 6.07) is -0.580. The molecule has 1 saturated heterocycles. The zero-order valence-corrected chi connectivity index (χ0v) is 15.9. The summed E-state index contributed by atoms with van der Waals surface area (Å²) in [5.41, 5.74) is 0. The van der Waals surface area contributed by atoms with Crippen LogP contribution in [0.5, 0.6) is 0 Å². The van der Waals surface area contributed by atoms with Gasteiger partial charge in [0.25, 0.3) is 0 Å². The Morgan fingerprint density at radius 2 is 2.07 bits per heavy atom. The molecular formula is C19H27N5O4. The Balaban J connectivity index is 1.68. The largest absolute Gasteiger partial charge is 0.330 e. The number of hydrogen-bond acceptors (Lipinski definition) is 6. The molecule has 0 radical (unpaired) electrons. The van der Waals surface area contributed by atoms with Gasteiger partial charge in [0.2, 0.25) is 18.2 Å². The number of likely N-dealkylation sites (tertiary alicyclic amines) is 1. The molecule has 1 aromatic heterocycles. The van der Waals surface area contributed by atoms with E-state index < -0.39 is 12.0 Å². The average Bonchev–Trinajstić information content (AvgIpc) is 3.39. The lowest BCUT2D eigenvalue weighted by atomic mass is 9.91. The summed E-state index contributed by atoms with van der Waals surface area (Å²) in [6.07, 6.45) is 11.1. The Morgan fingerprint density at radius 1 is 1.29 bits per heavy atom. The van der Waals surface area contributed by atoms with Gasteiger partial charge in [0.15, 0.2) is 5.82 Å². The lowest BCUT2D eigenvalue weighted by molar-refractivity contribution is -0.158. The van der Waals surface area contributed by atoms with Gasteiger partial charge in [0.05, 0.1) is 18.7 Å². The summed E-state index contributed by atoms with van der Waals surface area (Å²) in [7, 11) is 0. The molecule has 9 nitrogen and oxygen atoms in total. The number of anilines is 1. The zero-order valence-electron chi connectivity index (χ0n) is 15.9. The predicted octanol–water partition coefficient (Wildman–Crippen LogP) is 1.45. The lowest BCUT2D eigenvalue weighted by Crippen LogP contribution is -2.48. The Labute approximate surface area is 164 Å². The van der Waals surface area contributed by atoms with Gasteiger partial charge in [0.1, 0.15) is 6.04 Å². The van der Waals surface area contributed by atoms with Crippen molar-refractivity contribution in [2.24, 2.45) is 11.8 Å². The zero-order chi connectivity index (χ0) is 19.9. The van der Waals surface area contributed by atoms with Gasteiger partial charge in [-0.05, 0) is 25.2 Å². The number of hydroxylamine groups is 2. The van der Waals surface area contributed by atoms with Crippen LogP contribution in [0.1, 0.15) is 44.9 Å². The molecule has 2 aliphatic rings. The second kappa shape index (κ2) is 9.59. The molecule has 2 fully saturated rings. The molecule has 0 spiro atoms. The summed E-state index contributed by atoms with van der Waals surface area (Å²) < 4.78 is 0. The summed E-state index contributed by atoms with van der Waals surface area (Å²) in [5.74, 6) is -0.213. The molecule has 3 rings (SSSR count). The highest BCUT2D eigenvalue weighted by Crippen LogP contribution is 2.32. The predicted molar refractivity (Wildman–Crippen MR) is 100 cm³/mol. The van der Waals surface area contributed by atoms with Crippen molar-refractivity contribution in [1.29, 1.82) is 0 Å². The smallest absolute Gasteiger partial charge is 0.248 e. The molecule has 2 unspecified atom stereocenters. The standard InChI is InChI=1S/C19H27N5O4/c25-13-23(28)12-15(10-14-4-1-2-5-14)19(27)24-9-3-6-16(24)18(26)22-17-11-20-7-8-21-17/h7-8,11,13-16,28H,1-6,9-10,12H2,(H,21,22,26). The molecule has 1 aliphatic carbocycles. The normalized spacial score (nSPS) is 20.8. The van der Waals surface area contributed by atoms with Crippen molar-refractivity contribution >= 4 is 24.0 Å². The van der Waals surface area contributed by atoms with Crippen molar-refractivity contribution in [1.82, 2.24) is 19.9 Å². The van der Waals surface area contributed by atoms with Gasteiger partial charge >= 0.3 is 0 Å². The summed E-state index contributed by atoms with van der Waals surface area (Å²) in [6.45, 7) is 0.443. The van der Waals surface area contributed by atoms with Crippen LogP contribution < -0.4 is 5.32 Å². The Morgan fingerprint density at radius 3 is 2.75 bits per heavy atom. The highest BCUT2D eigenvalue weighted by atomic mass is 16.5.